The highest BCUT2D eigenvalue weighted by Crippen LogP contribution is 2.33. The highest BCUT2D eigenvalue weighted by atomic mass is 16.2. The molecule has 0 saturated heterocycles. The first-order valence-corrected chi connectivity index (χ1v) is 9.54. The van der Waals surface area contributed by atoms with Gasteiger partial charge in [0.2, 0.25) is 11.8 Å². The first kappa shape index (κ1) is 17.6. The van der Waals surface area contributed by atoms with Crippen molar-refractivity contribution in [2.75, 3.05) is 21.7 Å². The number of hydrogen-bond acceptors (Lipinski definition) is 3. The molecule has 27 heavy (non-hydrogen) atoms. The average molecular weight is 363 g/mol. The first-order valence-electron chi connectivity index (χ1n) is 9.54. The number of para-hydroxylation sites is 1. The fourth-order valence-electron chi connectivity index (χ4n) is 4.24. The van der Waals surface area contributed by atoms with Gasteiger partial charge in [0.1, 0.15) is 6.04 Å². The molecule has 5 heteroatoms. The normalized spacial score (nSPS) is 18.9. The molecule has 0 spiro atoms. The SMILES string of the molecule is CC(=O)N1CCc2cc(N[C@@H](C)C(=O)N3c4ccccc4C[C@H]3C)ccc21. The third-order valence-corrected chi connectivity index (χ3v) is 5.55. The van der Waals surface area contributed by atoms with Crippen molar-refractivity contribution in [3.05, 3.63) is 53.6 Å². The van der Waals surface area contributed by atoms with E-state index in [1.165, 1.54) is 5.56 Å². The minimum atomic E-state index is -0.332. The van der Waals surface area contributed by atoms with E-state index in [-0.39, 0.29) is 23.9 Å². The third kappa shape index (κ3) is 3.07. The van der Waals surface area contributed by atoms with Gasteiger partial charge in [-0.2, -0.15) is 0 Å². The van der Waals surface area contributed by atoms with Crippen LogP contribution in [0.1, 0.15) is 31.9 Å². The molecule has 0 radical (unpaired) electrons. The van der Waals surface area contributed by atoms with Crippen LogP contribution >= 0.6 is 0 Å². The van der Waals surface area contributed by atoms with Crippen molar-refractivity contribution in [1.29, 1.82) is 0 Å². The number of fused-ring (bicyclic) bond motifs is 2. The molecule has 0 saturated carbocycles. The van der Waals surface area contributed by atoms with Gasteiger partial charge in [0.15, 0.2) is 0 Å². The van der Waals surface area contributed by atoms with Crippen LogP contribution in [-0.4, -0.2) is 30.4 Å². The molecule has 0 aromatic heterocycles. The van der Waals surface area contributed by atoms with Gasteiger partial charge in [-0.25, -0.2) is 0 Å². The van der Waals surface area contributed by atoms with E-state index < -0.39 is 0 Å². The van der Waals surface area contributed by atoms with Gasteiger partial charge in [-0.3, -0.25) is 9.59 Å². The number of carbonyl (C=O) groups excluding carboxylic acids is 2. The van der Waals surface area contributed by atoms with Gasteiger partial charge < -0.3 is 15.1 Å². The summed E-state index contributed by atoms with van der Waals surface area (Å²) < 4.78 is 0. The number of anilines is 3. The minimum Gasteiger partial charge on any atom is -0.374 e. The summed E-state index contributed by atoms with van der Waals surface area (Å²) in [4.78, 5) is 28.5. The highest BCUT2D eigenvalue weighted by molar-refractivity contribution is 6.01. The molecule has 0 aliphatic carbocycles. The Morgan fingerprint density at radius 1 is 1.11 bits per heavy atom. The maximum absolute atomic E-state index is 13.1. The molecule has 1 N–H and O–H groups in total. The number of rotatable bonds is 3. The van der Waals surface area contributed by atoms with E-state index in [4.69, 9.17) is 0 Å². The summed E-state index contributed by atoms with van der Waals surface area (Å²) in [5.74, 6) is 0.151. The molecule has 140 valence electrons. The van der Waals surface area contributed by atoms with Gasteiger partial charge in [-0.1, -0.05) is 18.2 Å². The molecule has 2 aromatic rings. The Morgan fingerprint density at radius 3 is 2.67 bits per heavy atom. The van der Waals surface area contributed by atoms with Gasteiger partial charge in [0.05, 0.1) is 0 Å². The Kier molecular flexibility index (Phi) is 4.38. The van der Waals surface area contributed by atoms with Crippen LogP contribution in [0.15, 0.2) is 42.5 Å². The minimum absolute atomic E-state index is 0.0692. The van der Waals surface area contributed by atoms with Crippen LogP contribution in [0.5, 0.6) is 0 Å². The van der Waals surface area contributed by atoms with E-state index in [0.717, 1.165) is 42.0 Å². The lowest BCUT2D eigenvalue weighted by Gasteiger charge is -2.27. The summed E-state index contributed by atoms with van der Waals surface area (Å²) in [5.41, 5.74) is 5.30. The predicted octanol–water partition coefficient (Wildman–Crippen LogP) is 3.37. The molecule has 2 atom stereocenters. The number of nitrogens with zero attached hydrogens (tertiary/aromatic N) is 2. The molecular weight excluding hydrogens is 338 g/mol. The average Bonchev–Trinajstić information content (AvgIpc) is 3.20. The fourth-order valence-corrected chi connectivity index (χ4v) is 4.24. The van der Waals surface area contributed by atoms with E-state index in [1.54, 1.807) is 11.8 Å². The van der Waals surface area contributed by atoms with Crippen LogP contribution in [0.3, 0.4) is 0 Å². The molecule has 5 nitrogen and oxygen atoms in total. The smallest absolute Gasteiger partial charge is 0.249 e. The van der Waals surface area contributed by atoms with Crippen molar-refractivity contribution in [2.24, 2.45) is 0 Å². The predicted molar refractivity (Wildman–Crippen MR) is 108 cm³/mol. The molecule has 2 aromatic carbocycles. The van der Waals surface area contributed by atoms with Crippen molar-refractivity contribution in [1.82, 2.24) is 0 Å². The lowest BCUT2D eigenvalue weighted by Crippen LogP contribution is -2.44. The second kappa shape index (κ2) is 6.72. The highest BCUT2D eigenvalue weighted by Gasteiger charge is 2.33. The van der Waals surface area contributed by atoms with Gasteiger partial charge >= 0.3 is 0 Å². The number of amides is 2. The summed E-state index contributed by atoms with van der Waals surface area (Å²) >= 11 is 0. The van der Waals surface area contributed by atoms with E-state index in [0.29, 0.717) is 0 Å². The van der Waals surface area contributed by atoms with Crippen molar-refractivity contribution < 1.29 is 9.59 Å². The van der Waals surface area contributed by atoms with Crippen LogP contribution in [-0.2, 0) is 22.4 Å². The lowest BCUT2D eigenvalue weighted by molar-refractivity contribution is -0.119. The largest absolute Gasteiger partial charge is 0.374 e. The molecular formula is C22H25N3O2. The molecule has 2 heterocycles. The molecule has 2 amide bonds. The lowest BCUT2D eigenvalue weighted by atomic mass is 10.1. The van der Waals surface area contributed by atoms with Crippen molar-refractivity contribution in [2.45, 2.75) is 45.7 Å². The summed E-state index contributed by atoms with van der Waals surface area (Å²) in [7, 11) is 0. The number of carbonyl (C=O) groups is 2. The first-order chi connectivity index (χ1) is 13.0. The van der Waals surface area contributed by atoms with Crippen molar-refractivity contribution >= 4 is 28.9 Å². The van der Waals surface area contributed by atoms with Crippen LogP contribution < -0.4 is 15.1 Å². The van der Waals surface area contributed by atoms with Crippen molar-refractivity contribution in [3.8, 4) is 0 Å². The number of nitrogens with one attached hydrogen (secondary N) is 1. The Labute approximate surface area is 160 Å². The molecule has 0 fully saturated rings. The molecule has 0 bridgehead atoms. The van der Waals surface area contributed by atoms with Gasteiger partial charge in [-0.05, 0) is 62.1 Å². The Hall–Kier alpha value is -2.82. The summed E-state index contributed by atoms with van der Waals surface area (Å²) in [5, 5.41) is 3.35. The van der Waals surface area contributed by atoms with E-state index in [1.807, 2.05) is 42.2 Å². The quantitative estimate of drug-likeness (QED) is 0.910. The molecule has 2 aliphatic heterocycles. The maximum Gasteiger partial charge on any atom is 0.249 e. The van der Waals surface area contributed by atoms with E-state index in [2.05, 4.69) is 24.4 Å². The second-order valence-corrected chi connectivity index (χ2v) is 7.52. The number of benzene rings is 2. The van der Waals surface area contributed by atoms with Crippen LogP contribution in [0, 0.1) is 0 Å². The summed E-state index contributed by atoms with van der Waals surface area (Å²) in [6.45, 7) is 6.32. The maximum atomic E-state index is 13.1. The Bertz CT molecular complexity index is 908. The summed E-state index contributed by atoms with van der Waals surface area (Å²) in [6.07, 6.45) is 1.75. The Morgan fingerprint density at radius 2 is 1.89 bits per heavy atom. The van der Waals surface area contributed by atoms with Gasteiger partial charge in [0, 0.05) is 36.6 Å². The van der Waals surface area contributed by atoms with Crippen LogP contribution in [0.25, 0.3) is 0 Å². The topological polar surface area (TPSA) is 52.7 Å². The standard InChI is InChI=1S/C22H25N3O2/c1-14-12-17-6-4-5-7-21(17)25(14)22(27)15(2)23-19-8-9-20-18(13-19)10-11-24(20)16(3)26/h4-9,13-15,23H,10-12H2,1-3H3/t14-,15+/m1/s1. The monoisotopic (exact) mass is 363 g/mol. The Balaban J connectivity index is 1.51. The van der Waals surface area contributed by atoms with Crippen LogP contribution in [0.2, 0.25) is 0 Å². The zero-order chi connectivity index (χ0) is 19.1. The second-order valence-electron chi connectivity index (χ2n) is 7.52. The zero-order valence-corrected chi connectivity index (χ0v) is 16.0. The van der Waals surface area contributed by atoms with Crippen molar-refractivity contribution in [3.63, 3.8) is 0 Å². The van der Waals surface area contributed by atoms with E-state index in [9.17, 15) is 9.59 Å². The third-order valence-electron chi connectivity index (χ3n) is 5.55. The van der Waals surface area contributed by atoms with Gasteiger partial charge in [0.25, 0.3) is 0 Å². The molecule has 0 unspecified atom stereocenters. The fraction of sp³-hybridized carbons (Fsp3) is 0.364. The zero-order valence-electron chi connectivity index (χ0n) is 16.0. The van der Waals surface area contributed by atoms with Gasteiger partial charge in [-0.15, -0.1) is 0 Å². The summed E-state index contributed by atoms with van der Waals surface area (Å²) in [6, 6.07) is 13.9. The van der Waals surface area contributed by atoms with E-state index >= 15 is 0 Å². The molecule has 2 aliphatic rings. The van der Waals surface area contributed by atoms with Crippen LogP contribution in [0.4, 0.5) is 17.1 Å². The molecule has 4 rings (SSSR count). The number of hydrogen-bond donors (Lipinski definition) is 1.